The number of halogens is 2. The van der Waals surface area contributed by atoms with Crippen molar-refractivity contribution in [2.24, 2.45) is 5.41 Å². The van der Waals surface area contributed by atoms with E-state index < -0.39 is 0 Å². The minimum absolute atomic E-state index is 0.0390. The standard InChI is InChI=1S/C21H20Cl2N4O2/c1-13-6-18-17(24-4-5-27(18)26-13)8-20-10-21(11-20,12-20)25-19(28)9-29-14-2-3-15(22)16(23)7-14/h2-7H,8-12H2,1H3,(H,25,28). The van der Waals surface area contributed by atoms with E-state index in [9.17, 15) is 4.79 Å². The predicted octanol–water partition coefficient (Wildman–Crippen LogP) is 4.00. The summed E-state index contributed by atoms with van der Waals surface area (Å²) in [5.41, 5.74) is 3.30. The number of ether oxygens (including phenoxy) is 1. The van der Waals surface area contributed by atoms with E-state index in [1.54, 1.807) is 24.4 Å². The van der Waals surface area contributed by atoms with E-state index in [2.05, 4.69) is 21.5 Å². The summed E-state index contributed by atoms with van der Waals surface area (Å²) in [5, 5.41) is 8.47. The van der Waals surface area contributed by atoms with E-state index in [0.29, 0.717) is 15.8 Å². The van der Waals surface area contributed by atoms with E-state index in [-0.39, 0.29) is 23.5 Å². The molecular weight excluding hydrogens is 411 g/mol. The number of hydrogen-bond acceptors (Lipinski definition) is 4. The third kappa shape index (κ3) is 3.34. The van der Waals surface area contributed by atoms with E-state index >= 15 is 0 Å². The van der Waals surface area contributed by atoms with Crippen molar-refractivity contribution >= 4 is 34.6 Å². The fourth-order valence-electron chi connectivity index (χ4n) is 4.96. The summed E-state index contributed by atoms with van der Waals surface area (Å²) in [7, 11) is 0. The van der Waals surface area contributed by atoms with Crippen LogP contribution in [0, 0.1) is 12.3 Å². The molecule has 0 spiro atoms. The lowest BCUT2D eigenvalue weighted by atomic mass is 9.38. The highest BCUT2D eigenvalue weighted by atomic mass is 35.5. The molecule has 0 unspecified atom stereocenters. The average molecular weight is 431 g/mol. The Kier molecular flexibility index (Phi) is 4.26. The maximum Gasteiger partial charge on any atom is 0.258 e. The highest BCUT2D eigenvalue weighted by Gasteiger charge is 2.68. The number of amides is 1. The van der Waals surface area contributed by atoms with Crippen LogP contribution in [0.1, 0.15) is 30.7 Å². The zero-order valence-corrected chi connectivity index (χ0v) is 17.4. The molecule has 0 saturated heterocycles. The molecular formula is C21H20Cl2N4O2. The normalized spacial score (nSPS) is 24.7. The van der Waals surface area contributed by atoms with E-state index in [1.807, 2.05) is 17.6 Å². The minimum Gasteiger partial charge on any atom is -0.484 e. The molecule has 0 atom stereocenters. The van der Waals surface area contributed by atoms with Gasteiger partial charge in [0.2, 0.25) is 0 Å². The first kappa shape index (κ1) is 18.7. The molecule has 2 heterocycles. The van der Waals surface area contributed by atoms with Crippen molar-refractivity contribution in [1.82, 2.24) is 19.9 Å². The number of benzene rings is 1. The van der Waals surface area contributed by atoms with E-state index in [0.717, 1.165) is 42.6 Å². The van der Waals surface area contributed by atoms with Crippen molar-refractivity contribution in [3.63, 3.8) is 0 Å². The molecule has 6 nitrogen and oxygen atoms in total. The number of fused-ring (bicyclic) bond motifs is 1. The topological polar surface area (TPSA) is 68.5 Å². The highest BCUT2D eigenvalue weighted by Crippen LogP contribution is 2.68. The Morgan fingerprint density at radius 2 is 2.03 bits per heavy atom. The number of nitrogens with zero attached hydrogens (tertiary/aromatic N) is 3. The van der Waals surface area contributed by atoms with Crippen molar-refractivity contribution in [3.05, 3.63) is 58.1 Å². The summed E-state index contributed by atoms with van der Waals surface area (Å²) in [6, 6.07) is 7.03. The molecule has 3 aliphatic carbocycles. The molecule has 150 valence electrons. The Labute approximate surface area is 178 Å². The van der Waals surface area contributed by atoms with Crippen molar-refractivity contribution in [3.8, 4) is 5.75 Å². The van der Waals surface area contributed by atoms with Crippen LogP contribution in [-0.2, 0) is 11.2 Å². The second-order valence-corrected chi connectivity index (χ2v) is 9.20. The summed E-state index contributed by atoms with van der Waals surface area (Å²) in [6.07, 6.45) is 7.54. The molecule has 1 amide bonds. The van der Waals surface area contributed by atoms with Gasteiger partial charge < -0.3 is 10.1 Å². The summed E-state index contributed by atoms with van der Waals surface area (Å²) < 4.78 is 7.42. The Morgan fingerprint density at radius 1 is 1.24 bits per heavy atom. The van der Waals surface area contributed by atoms with Gasteiger partial charge in [-0.25, -0.2) is 4.52 Å². The zero-order chi connectivity index (χ0) is 20.2. The van der Waals surface area contributed by atoms with Gasteiger partial charge in [-0.2, -0.15) is 5.10 Å². The molecule has 1 aromatic carbocycles. The minimum atomic E-state index is -0.115. The smallest absolute Gasteiger partial charge is 0.258 e. The number of carbonyl (C=O) groups is 1. The quantitative estimate of drug-likeness (QED) is 0.641. The first-order chi connectivity index (χ1) is 13.9. The number of hydrogen-bond donors (Lipinski definition) is 1. The fourth-order valence-corrected chi connectivity index (χ4v) is 5.24. The molecule has 3 saturated carbocycles. The van der Waals surface area contributed by atoms with Gasteiger partial charge >= 0.3 is 0 Å². The van der Waals surface area contributed by atoms with Gasteiger partial charge in [0, 0.05) is 24.0 Å². The Balaban J connectivity index is 1.16. The maximum absolute atomic E-state index is 12.3. The van der Waals surface area contributed by atoms with Gasteiger partial charge in [-0.3, -0.25) is 9.78 Å². The van der Waals surface area contributed by atoms with Crippen LogP contribution in [0.15, 0.2) is 36.7 Å². The molecule has 1 N–H and O–H groups in total. The molecule has 0 aliphatic heterocycles. The number of rotatable bonds is 6. The van der Waals surface area contributed by atoms with Crippen molar-refractivity contribution in [1.29, 1.82) is 0 Å². The van der Waals surface area contributed by atoms with Crippen LogP contribution in [-0.4, -0.2) is 32.7 Å². The van der Waals surface area contributed by atoms with Crippen molar-refractivity contribution in [2.75, 3.05) is 6.61 Å². The van der Waals surface area contributed by atoms with Crippen LogP contribution in [0.2, 0.25) is 10.0 Å². The van der Waals surface area contributed by atoms with Crippen LogP contribution in [0.4, 0.5) is 0 Å². The lowest BCUT2D eigenvalue weighted by molar-refractivity contribution is -0.166. The lowest BCUT2D eigenvalue weighted by Gasteiger charge is -2.70. The van der Waals surface area contributed by atoms with Gasteiger partial charge in [-0.15, -0.1) is 0 Å². The summed E-state index contributed by atoms with van der Waals surface area (Å²) in [4.78, 5) is 16.9. The maximum atomic E-state index is 12.3. The first-order valence-electron chi connectivity index (χ1n) is 9.54. The van der Waals surface area contributed by atoms with Crippen LogP contribution < -0.4 is 10.1 Å². The van der Waals surface area contributed by atoms with Crippen LogP contribution in [0.5, 0.6) is 5.75 Å². The van der Waals surface area contributed by atoms with Gasteiger partial charge in [0.05, 0.1) is 26.9 Å². The van der Waals surface area contributed by atoms with Gasteiger partial charge in [0.25, 0.3) is 5.91 Å². The highest BCUT2D eigenvalue weighted by molar-refractivity contribution is 6.42. The summed E-state index contributed by atoms with van der Waals surface area (Å²) in [6.45, 7) is 1.95. The van der Waals surface area contributed by atoms with Crippen molar-refractivity contribution in [2.45, 2.75) is 38.1 Å². The Morgan fingerprint density at radius 3 is 2.79 bits per heavy atom. The second-order valence-electron chi connectivity index (χ2n) is 8.39. The van der Waals surface area contributed by atoms with Gasteiger partial charge in [-0.1, -0.05) is 23.2 Å². The van der Waals surface area contributed by atoms with Gasteiger partial charge in [0.1, 0.15) is 5.75 Å². The van der Waals surface area contributed by atoms with Crippen LogP contribution >= 0.6 is 23.2 Å². The number of carbonyl (C=O) groups excluding carboxylic acids is 1. The van der Waals surface area contributed by atoms with E-state index in [1.165, 1.54) is 0 Å². The summed E-state index contributed by atoms with van der Waals surface area (Å²) in [5.74, 6) is 0.412. The number of aromatic nitrogens is 3. The Bertz CT molecular complexity index is 1110. The molecule has 6 rings (SSSR count). The predicted molar refractivity (Wildman–Crippen MR) is 111 cm³/mol. The molecule has 0 radical (unpaired) electrons. The van der Waals surface area contributed by atoms with Gasteiger partial charge in [-0.05, 0) is 56.2 Å². The van der Waals surface area contributed by atoms with Crippen LogP contribution in [0.3, 0.4) is 0 Å². The molecule has 2 aromatic heterocycles. The molecule has 8 heteroatoms. The molecule has 3 aromatic rings. The third-order valence-corrected chi connectivity index (χ3v) is 6.68. The zero-order valence-electron chi connectivity index (χ0n) is 15.9. The van der Waals surface area contributed by atoms with Gasteiger partial charge in [0.15, 0.2) is 6.61 Å². The number of aryl methyl sites for hydroxylation is 1. The largest absolute Gasteiger partial charge is 0.484 e. The molecule has 3 aliphatic rings. The third-order valence-electron chi connectivity index (χ3n) is 5.94. The second kappa shape index (κ2) is 6.61. The van der Waals surface area contributed by atoms with Crippen molar-refractivity contribution < 1.29 is 9.53 Å². The average Bonchev–Trinajstić information content (AvgIpc) is 3.01. The monoisotopic (exact) mass is 430 g/mol. The lowest BCUT2D eigenvalue weighted by Crippen LogP contribution is -2.75. The first-order valence-corrected chi connectivity index (χ1v) is 10.3. The van der Waals surface area contributed by atoms with E-state index in [4.69, 9.17) is 27.9 Å². The SMILES string of the molecule is Cc1cc2c(CC34CC(NC(=O)COc5ccc(Cl)c(Cl)c5)(C3)C4)nccn2n1. The van der Waals surface area contributed by atoms with Crippen LogP contribution in [0.25, 0.3) is 5.52 Å². The molecule has 29 heavy (non-hydrogen) atoms. The Hall–Kier alpha value is -2.31. The fraction of sp³-hybridized carbons (Fsp3) is 0.381. The number of nitrogens with one attached hydrogen (secondary N) is 1. The molecule has 2 bridgehead atoms. The summed E-state index contributed by atoms with van der Waals surface area (Å²) >= 11 is 11.9. The molecule has 3 fully saturated rings.